The molecular formula is C11H15NO2. The number of ketones is 1. The van der Waals surface area contributed by atoms with Crippen molar-refractivity contribution in [1.29, 1.82) is 0 Å². The molecule has 1 saturated carbocycles. The lowest BCUT2D eigenvalue weighted by atomic mass is 10.0. The topological polar surface area (TPSA) is 37.4 Å². The molecule has 0 bridgehead atoms. The second-order valence-corrected chi connectivity index (χ2v) is 3.83. The first-order chi connectivity index (χ1) is 6.57. The molecule has 1 amide bonds. The highest BCUT2D eigenvalue weighted by Crippen LogP contribution is 2.27. The van der Waals surface area contributed by atoms with Crippen LogP contribution in [0.5, 0.6) is 0 Å². The van der Waals surface area contributed by atoms with Gasteiger partial charge >= 0.3 is 0 Å². The number of hydrogen-bond donors (Lipinski definition) is 0. The average Bonchev–Trinajstić information content (AvgIpc) is 2.47. The van der Waals surface area contributed by atoms with Crippen LogP contribution in [0.4, 0.5) is 0 Å². The summed E-state index contributed by atoms with van der Waals surface area (Å²) in [4.78, 5) is 24.7. The van der Waals surface area contributed by atoms with Crippen molar-refractivity contribution in [3.05, 3.63) is 0 Å². The van der Waals surface area contributed by atoms with Crippen molar-refractivity contribution in [2.75, 3.05) is 13.6 Å². The molecule has 3 nitrogen and oxygen atoms in total. The fourth-order valence-corrected chi connectivity index (χ4v) is 1.77. The molecule has 1 rings (SSSR count). The first kappa shape index (κ1) is 10.8. The van der Waals surface area contributed by atoms with Gasteiger partial charge in [0.05, 0.1) is 12.5 Å². The molecule has 1 fully saturated rings. The Morgan fingerprint density at radius 2 is 2.29 bits per heavy atom. The average molecular weight is 193 g/mol. The summed E-state index contributed by atoms with van der Waals surface area (Å²) < 4.78 is 0. The van der Waals surface area contributed by atoms with E-state index >= 15 is 0 Å². The zero-order chi connectivity index (χ0) is 10.7. The van der Waals surface area contributed by atoms with Gasteiger partial charge in [0.2, 0.25) is 5.91 Å². The zero-order valence-corrected chi connectivity index (χ0v) is 8.62. The van der Waals surface area contributed by atoms with Crippen LogP contribution < -0.4 is 0 Å². The molecule has 76 valence electrons. The molecule has 0 aromatic heterocycles. The highest BCUT2D eigenvalue weighted by Gasteiger charge is 2.37. The van der Waals surface area contributed by atoms with E-state index in [0.29, 0.717) is 6.42 Å². The third-order valence-corrected chi connectivity index (χ3v) is 2.72. The minimum atomic E-state index is -0.441. The third-order valence-electron chi connectivity index (χ3n) is 2.72. The summed E-state index contributed by atoms with van der Waals surface area (Å²) >= 11 is 0. The second-order valence-electron chi connectivity index (χ2n) is 3.83. The maximum absolute atomic E-state index is 11.7. The third kappa shape index (κ3) is 1.95. The van der Waals surface area contributed by atoms with Gasteiger partial charge in [0, 0.05) is 13.0 Å². The predicted molar refractivity (Wildman–Crippen MR) is 53.4 cm³/mol. The number of carbonyl (C=O) groups excluding carboxylic acids is 2. The first-order valence-corrected chi connectivity index (χ1v) is 4.80. The van der Waals surface area contributed by atoms with Gasteiger partial charge in [-0.05, 0) is 12.8 Å². The Labute approximate surface area is 84.5 Å². The lowest BCUT2D eigenvalue weighted by Gasteiger charge is -2.17. The molecule has 0 aromatic rings. The SMILES string of the molecule is C#CCN(C)C(=O)C1CCC(C)C1=O. The van der Waals surface area contributed by atoms with Gasteiger partial charge < -0.3 is 4.90 Å². The summed E-state index contributed by atoms with van der Waals surface area (Å²) in [6.45, 7) is 2.15. The van der Waals surface area contributed by atoms with Crippen LogP contribution in [0.25, 0.3) is 0 Å². The van der Waals surface area contributed by atoms with E-state index in [4.69, 9.17) is 6.42 Å². The summed E-state index contributed by atoms with van der Waals surface area (Å²) in [5.74, 6) is 1.92. The molecule has 14 heavy (non-hydrogen) atoms. The van der Waals surface area contributed by atoms with Crippen LogP contribution in [0, 0.1) is 24.2 Å². The van der Waals surface area contributed by atoms with Crippen molar-refractivity contribution < 1.29 is 9.59 Å². The maximum Gasteiger partial charge on any atom is 0.233 e. The molecule has 0 heterocycles. The highest BCUT2D eigenvalue weighted by molar-refractivity contribution is 6.03. The summed E-state index contributed by atoms with van der Waals surface area (Å²) in [5, 5.41) is 0. The largest absolute Gasteiger partial charge is 0.334 e. The molecule has 0 N–H and O–H groups in total. The Morgan fingerprint density at radius 3 is 2.71 bits per heavy atom. The number of amides is 1. The van der Waals surface area contributed by atoms with Crippen LogP contribution in [0.1, 0.15) is 19.8 Å². The molecule has 0 saturated heterocycles. The number of terminal acetylenes is 1. The summed E-state index contributed by atoms with van der Waals surface area (Å²) in [6, 6.07) is 0. The number of Topliss-reactive ketones (excluding diaryl/α,β-unsaturated/α-hetero) is 1. The summed E-state index contributed by atoms with van der Waals surface area (Å²) in [7, 11) is 1.64. The van der Waals surface area contributed by atoms with E-state index < -0.39 is 5.92 Å². The van der Waals surface area contributed by atoms with E-state index in [0.717, 1.165) is 6.42 Å². The monoisotopic (exact) mass is 193 g/mol. The highest BCUT2D eigenvalue weighted by atomic mass is 16.2. The van der Waals surface area contributed by atoms with Gasteiger partial charge in [-0.2, -0.15) is 0 Å². The molecule has 0 radical (unpaired) electrons. The van der Waals surface area contributed by atoms with E-state index in [1.54, 1.807) is 7.05 Å². The predicted octanol–water partition coefficient (Wildman–Crippen LogP) is 0.693. The second kappa shape index (κ2) is 4.28. The van der Waals surface area contributed by atoms with E-state index in [2.05, 4.69) is 5.92 Å². The number of nitrogens with zero attached hydrogens (tertiary/aromatic N) is 1. The zero-order valence-electron chi connectivity index (χ0n) is 8.62. The van der Waals surface area contributed by atoms with Crippen LogP contribution in [0.3, 0.4) is 0 Å². The van der Waals surface area contributed by atoms with Crippen molar-refractivity contribution in [3.63, 3.8) is 0 Å². The lowest BCUT2D eigenvalue weighted by molar-refractivity contribution is -0.139. The molecule has 0 aromatic carbocycles. The fourth-order valence-electron chi connectivity index (χ4n) is 1.77. The Morgan fingerprint density at radius 1 is 1.64 bits per heavy atom. The van der Waals surface area contributed by atoms with Crippen molar-refractivity contribution in [2.24, 2.45) is 11.8 Å². The lowest BCUT2D eigenvalue weighted by Crippen LogP contribution is -2.35. The molecule has 0 aliphatic heterocycles. The van der Waals surface area contributed by atoms with Gasteiger partial charge in [0.15, 0.2) is 0 Å². The number of carbonyl (C=O) groups is 2. The van der Waals surface area contributed by atoms with Gasteiger partial charge in [0.1, 0.15) is 5.78 Å². The molecule has 3 heteroatoms. The Balaban J connectivity index is 2.63. The van der Waals surface area contributed by atoms with Gasteiger partial charge in [-0.25, -0.2) is 0 Å². The smallest absolute Gasteiger partial charge is 0.233 e. The van der Waals surface area contributed by atoms with E-state index in [1.807, 2.05) is 6.92 Å². The molecule has 1 aliphatic rings. The molecule has 1 aliphatic carbocycles. The van der Waals surface area contributed by atoms with Crippen LogP contribution in [0.2, 0.25) is 0 Å². The minimum absolute atomic E-state index is 0.0307. The van der Waals surface area contributed by atoms with Crippen LogP contribution in [-0.4, -0.2) is 30.2 Å². The maximum atomic E-state index is 11.7. The minimum Gasteiger partial charge on any atom is -0.334 e. The van der Waals surface area contributed by atoms with Crippen molar-refractivity contribution in [1.82, 2.24) is 4.90 Å². The van der Waals surface area contributed by atoms with Gasteiger partial charge in [-0.15, -0.1) is 6.42 Å². The van der Waals surface area contributed by atoms with E-state index in [-0.39, 0.29) is 24.2 Å². The molecule has 0 spiro atoms. The fraction of sp³-hybridized carbons (Fsp3) is 0.636. The molecule has 2 atom stereocenters. The van der Waals surface area contributed by atoms with Gasteiger partial charge in [-0.1, -0.05) is 12.8 Å². The van der Waals surface area contributed by atoms with Crippen LogP contribution in [0.15, 0.2) is 0 Å². The summed E-state index contributed by atoms with van der Waals surface area (Å²) in [6.07, 6.45) is 6.59. The Kier molecular flexibility index (Phi) is 3.29. The quantitative estimate of drug-likeness (QED) is 0.478. The number of rotatable bonds is 2. The van der Waals surface area contributed by atoms with Crippen molar-refractivity contribution >= 4 is 11.7 Å². The molecule has 2 unspecified atom stereocenters. The Hall–Kier alpha value is -1.30. The van der Waals surface area contributed by atoms with Gasteiger partial charge in [0.25, 0.3) is 0 Å². The van der Waals surface area contributed by atoms with Gasteiger partial charge in [-0.3, -0.25) is 9.59 Å². The van der Waals surface area contributed by atoms with E-state index in [9.17, 15) is 9.59 Å². The Bertz CT molecular complexity index is 290. The van der Waals surface area contributed by atoms with Crippen LogP contribution >= 0.6 is 0 Å². The summed E-state index contributed by atoms with van der Waals surface area (Å²) in [5.41, 5.74) is 0. The normalized spacial score (nSPS) is 25.9. The number of hydrogen-bond acceptors (Lipinski definition) is 2. The van der Waals surface area contributed by atoms with Crippen molar-refractivity contribution in [2.45, 2.75) is 19.8 Å². The van der Waals surface area contributed by atoms with E-state index in [1.165, 1.54) is 4.90 Å². The first-order valence-electron chi connectivity index (χ1n) is 4.80. The molecular weight excluding hydrogens is 178 g/mol. The van der Waals surface area contributed by atoms with Crippen molar-refractivity contribution in [3.8, 4) is 12.3 Å². The standard InChI is InChI=1S/C11H15NO2/c1-4-7-12(3)11(14)9-6-5-8(2)10(9)13/h1,8-9H,5-7H2,2-3H3. The van der Waals surface area contributed by atoms with Crippen LogP contribution in [-0.2, 0) is 9.59 Å².